The van der Waals surface area contributed by atoms with Crippen LogP contribution in [0, 0.1) is 5.92 Å². The minimum absolute atomic E-state index is 0.00855. The van der Waals surface area contributed by atoms with Crippen molar-refractivity contribution in [3.63, 3.8) is 0 Å². The van der Waals surface area contributed by atoms with Crippen LogP contribution in [-0.2, 0) is 9.59 Å². The summed E-state index contributed by atoms with van der Waals surface area (Å²) in [5.74, 6) is -0.0987. The van der Waals surface area contributed by atoms with Crippen molar-refractivity contribution in [2.75, 3.05) is 19.6 Å². The number of nitrogens with one attached hydrogen (secondary N) is 1. The van der Waals surface area contributed by atoms with Crippen molar-refractivity contribution in [3.05, 3.63) is 24.2 Å². The smallest absolute Gasteiger partial charge is 0.225 e. The van der Waals surface area contributed by atoms with Crippen LogP contribution in [0.4, 0.5) is 0 Å². The molecule has 2 rings (SSSR count). The third-order valence-electron chi connectivity index (χ3n) is 3.31. The van der Waals surface area contributed by atoms with Crippen molar-refractivity contribution in [2.45, 2.75) is 19.4 Å². The lowest BCUT2D eigenvalue weighted by atomic mass is 10.1. The van der Waals surface area contributed by atoms with Crippen LogP contribution in [0.3, 0.4) is 0 Å². The second kappa shape index (κ2) is 5.88. The topological polar surface area (TPSA) is 82.8 Å². The van der Waals surface area contributed by atoms with Gasteiger partial charge in [-0.2, -0.15) is 0 Å². The van der Waals surface area contributed by atoms with Gasteiger partial charge in [0.2, 0.25) is 11.8 Å². The minimum Gasteiger partial charge on any atom is -0.467 e. The lowest BCUT2D eigenvalue weighted by Crippen LogP contribution is -2.35. The molecule has 1 aromatic rings. The maximum atomic E-state index is 11.9. The number of aliphatic hydroxyl groups is 1. The van der Waals surface area contributed by atoms with Gasteiger partial charge in [-0.3, -0.25) is 9.59 Å². The fourth-order valence-electron chi connectivity index (χ4n) is 2.18. The summed E-state index contributed by atoms with van der Waals surface area (Å²) < 4.78 is 5.04. The summed E-state index contributed by atoms with van der Waals surface area (Å²) in [6.45, 7) is 3.05. The van der Waals surface area contributed by atoms with E-state index in [1.807, 2.05) is 6.92 Å². The summed E-state index contributed by atoms with van der Waals surface area (Å²) in [7, 11) is 0. The monoisotopic (exact) mass is 266 g/mol. The van der Waals surface area contributed by atoms with E-state index in [1.54, 1.807) is 17.0 Å². The molecule has 1 aliphatic rings. The Bertz CT molecular complexity index is 444. The number of rotatable bonds is 5. The first kappa shape index (κ1) is 13.6. The quantitative estimate of drug-likeness (QED) is 0.803. The van der Waals surface area contributed by atoms with Gasteiger partial charge in [0, 0.05) is 19.5 Å². The molecule has 2 amide bonds. The fraction of sp³-hybridized carbons (Fsp3) is 0.538. The molecule has 2 atom stereocenters. The van der Waals surface area contributed by atoms with Crippen molar-refractivity contribution < 1.29 is 19.1 Å². The second-order valence-electron chi connectivity index (χ2n) is 4.61. The van der Waals surface area contributed by atoms with Crippen LogP contribution >= 0.6 is 0 Å². The van der Waals surface area contributed by atoms with Crippen LogP contribution in [0.5, 0.6) is 0 Å². The van der Waals surface area contributed by atoms with Gasteiger partial charge in [-0.15, -0.1) is 0 Å². The summed E-state index contributed by atoms with van der Waals surface area (Å²) in [6.07, 6.45) is 0.851. The van der Waals surface area contributed by atoms with E-state index in [0.717, 1.165) is 0 Å². The first-order chi connectivity index (χ1) is 9.11. The van der Waals surface area contributed by atoms with Crippen LogP contribution in [0.15, 0.2) is 22.8 Å². The van der Waals surface area contributed by atoms with Crippen LogP contribution in [-0.4, -0.2) is 41.5 Å². The molecular weight excluding hydrogens is 248 g/mol. The standard InChI is InChI=1S/C13H18N2O4/c1-2-15-8-9(6-12(15)17)13(18)14-7-10(16)11-4-3-5-19-11/h3-5,9-10,16H,2,6-8H2,1H3,(H,14,18). The van der Waals surface area contributed by atoms with E-state index in [0.29, 0.717) is 18.8 Å². The number of hydrogen-bond acceptors (Lipinski definition) is 4. The highest BCUT2D eigenvalue weighted by atomic mass is 16.4. The molecule has 2 unspecified atom stereocenters. The molecule has 1 aromatic heterocycles. The average molecular weight is 266 g/mol. The van der Waals surface area contributed by atoms with E-state index in [-0.39, 0.29) is 30.7 Å². The molecule has 104 valence electrons. The zero-order valence-corrected chi connectivity index (χ0v) is 10.8. The van der Waals surface area contributed by atoms with Crippen LogP contribution in [0.25, 0.3) is 0 Å². The third kappa shape index (κ3) is 3.14. The van der Waals surface area contributed by atoms with Gasteiger partial charge in [0.1, 0.15) is 11.9 Å². The lowest BCUT2D eigenvalue weighted by molar-refractivity contribution is -0.129. The zero-order chi connectivity index (χ0) is 13.8. The number of carbonyl (C=O) groups is 2. The predicted octanol–water partition coefficient (Wildman–Crippen LogP) is 0.298. The molecule has 0 saturated carbocycles. The highest BCUT2D eigenvalue weighted by Crippen LogP contribution is 2.18. The van der Waals surface area contributed by atoms with E-state index < -0.39 is 6.10 Å². The van der Waals surface area contributed by atoms with E-state index in [4.69, 9.17) is 4.42 Å². The first-order valence-electron chi connectivity index (χ1n) is 6.38. The van der Waals surface area contributed by atoms with E-state index >= 15 is 0 Å². The summed E-state index contributed by atoms with van der Waals surface area (Å²) >= 11 is 0. The molecule has 2 heterocycles. The Morgan fingerprint density at radius 1 is 1.68 bits per heavy atom. The molecule has 6 heteroatoms. The second-order valence-corrected chi connectivity index (χ2v) is 4.61. The van der Waals surface area contributed by atoms with Crippen LogP contribution in [0.2, 0.25) is 0 Å². The summed E-state index contributed by atoms with van der Waals surface area (Å²) in [5, 5.41) is 12.4. The number of carbonyl (C=O) groups excluding carboxylic acids is 2. The molecule has 0 spiro atoms. The Morgan fingerprint density at radius 2 is 2.47 bits per heavy atom. The normalized spacial score (nSPS) is 20.6. The minimum atomic E-state index is -0.863. The van der Waals surface area contributed by atoms with Gasteiger partial charge in [-0.25, -0.2) is 0 Å². The fourth-order valence-corrected chi connectivity index (χ4v) is 2.18. The lowest BCUT2D eigenvalue weighted by Gasteiger charge is -2.14. The molecule has 0 bridgehead atoms. The maximum Gasteiger partial charge on any atom is 0.225 e. The zero-order valence-electron chi connectivity index (χ0n) is 10.8. The van der Waals surface area contributed by atoms with Crippen LogP contribution in [0.1, 0.15) is 25.2 Å². The SMILES string of the molecule is CCN1CC(C(=O)NCC(O)c2ccco2)CC1=O. The number of likely N-dealkylation sites (tertiary alicyclic amines) is 1. The number of furan rings is 1. The van der Waals surface area contributed by atoms with Crippen molar-refractivity contribution in [1.29, 1.82) is 0 Å². The molecule has 0 aliphatic carbocycles. The Morgan fingerprint density at radius 3 is 3.05 bits per heavy atom. The predicted molar refractivity (Wildman–Crippen MR) is 67.0 cm³/mol. The van der Waals surface area contributed by atoms with Gasteiger partial charge in [-0.1, -0.05) is 0 Å². The van der Waals surface area contributed by atoms with Gasteiger partial charge in [-0.05, 0) is 19.1 Å². The molecular formula is C13H18N2O4. The molecule has 1 aliphatic heterocycles. The Hall–Kier alpha value is -1.82. The number of hydrogen-bond donors (Lipinski definition) is 2. The number of amides is 2. The van der Waals surface area contributed by atoms with Crippen LogP contribution < -0.4 is 5.32 Å². The van der Waals surface area contributed by atoms with Gasteiger partial charge >= 0.3 is 0 Å². The van der Waals surface area contributed by atoms with Gasteiger partial charge < -0.3 is 19.7 Å². The average Bonchev–Trinajstić information content (AvgIpc) is 3.04. The van der Waals surface area contributed by atoms with Crippen molar-refractivity contribution >= 4 is 11.8 Å². The number of nitrogens with zero attached hydrogens (tertiary/aromatic N) is 1. The molecule has 2 N–H and O–H groups in total. The molecule has 0 radical (unpaired) electrons. The molecule has 6 nitrogen and oxygen atoms in total. The molecule has 1 saturated heterocycles. The summed E-state index contributed by atoms with van der Waals surface area (Å²) in [5.41, 5.74) is 0. The Kier molecular flexibility index (Phi) is 4.21. The van der Waals surface area contributed by atoms with Gasteiger partial charge in [0.25, 0.3) is 0 Å². The van der Waals surface area contributed by atoms with Gasteiger partial charge in [0.05, 0.1) is 18.7 Å². The van der Waals surface area contributed by atoms with Gasteiger partial charge in [0.15, 0.2) is 0 Å². The Balaban J connectivity index is 1.81. The highest BCUT2D eigenvalue weighted by molar-refractivity contribution is 5.89. The van der Waals surface area contributed by atoms with Crippen molar-refractivity contribution in [3.8, 4) is 0 Å². The van der Waals surface area contributed by atoms with Crippen molar-refractivity contribution in [1.82, 2.24) is 10.2 Å². The van der Waals surface area contributed by atoms with E-state index in [2.05, 4.69) is 5.32 Å². The Labute approximate surface area is 111 Å². The summed E-state index contributed by atoms with van der Waals surface area (Å²) in [6, 6.07) is 3.32. The molecule has 19 heavy (non-hydrogen) atoms. The third-order valence-corrected chi connectivity index (χ3v) is 3.31. The summed E-state index contributed by atoms with van der Waals surface area (Å²) in [4.78, 5) is 25.1. The maximum absolute atomic E-state index is 11.9. The largest absolute Gasteiger partial charge is 0.467 e. The number of aliphatic hydroxyl groups excluding tert-OH is 1. The van der Waals surface area contributed by atoms with E-state index in [1.165, 1.54) is 6.26 Å². The molecule has 0 aromatic carbocycles. The van der Waals surface area contributed by atoms with E-state index in [9.17, 15) is 14.7 Å². The molecule has 1 fully saturated rings. The first-order valence-corrected chi connectivity index (χ1v) is 6.38. The van der Waals surface area contributed by atoms with Crippen molar-refractivity contribution in [2.24, 2.45) is 5.92 Å². The highest BCUT2D eigenvalue weighted by Gasteiger charge is 2.33.